The van der Waals surface area contributed by atoms with E-state index in [-0.39, 0.29) is 6.10 Å². The van der Waals surface area contributed by atoms with E-state index in [1.54, 1.807) is 0 Å². The van der Waals surface area contributed by atoms with Crippen LogP contribution in [-0.2, 0) is 6.42 Å². The van der Waals surface area contributed by atoms with Crippen LogP contribution in [-0.4, -0.2) is 40.2 Å². The molecule has 23 heavy (non-hydrogen) atoms. The number of hydrogen-bond acceptors (Lipinski definition) is 3. The van der Waals surface area contributed by atoms with Crippen LogP contribution in [0.5, 0.6) is 0 Å². The molecule has 2 fully saturated rings. The predicted molar refractivity (Wildman–Crippen MR) is 93.4 cm³/mol. The van der Waals surface area contributed by atoms with Gasteiger partial charge in [0.25, 0.3) is 0 Å². The first-order chi connectivity index (χ1) is 11.3. The highest BCUT2D eigenvalue weighted by Gasteiger charge is 2.35. The summed E-state index contributed by atoms with van der Waals surface area (Å²) < 4.78 is 0. The lowest BCUT2D eigenvalue weighted by Gasteiger charge is -2.30. The molecule has 1 aromatic carbocycles. The van der Waals surface area contributed by atoms with Crippen LogP contribution in [0, 0.1) is 5.92 Å². The number of rotatable bonds is 3. The second-order valence-electron chi connectivity index (χ2n) is 7.26. The maximum atomic E-state index is 10.6. The number of aromatic nitrogens is 1. The van der Waals surface area contributed by atoms with Gasteiger partial charge >= 0.3 is 0 Å². The molecule has 0 bridgehead atoms. The summed E-state index contributed by atoms with van der Waals surface area (Å²) in [7, 11) is 0. The molecule has 122 valence electrons. The zero-order valence-electron chi connectivity index (χ0n) is 13.7. The summed E-state index contributed by atoms with van der Waals surface area (Å²) in [6.45, 7) is 1.90. The van der Waals surface area contributed by atoms with Crippen LogP contribution in [0.25, 0.3) is 10.9 Å². The highest BCUT2D eigenvalue weighted by Crippen LogP contribution is 2.30. The van der Waals surface area contributed by atoms with Gasteiger partial charge in [-0.1, -0.05) is 37.5 Å². The van der Waals surface area contributed by atoms with E-state index >= 15 is 0 Å². The third-order valence-corrected chi connectivity index (χ3v) is 5.75. The van der Waals surface area contributed by atoms with Gasteiger partial charge in [0.2, 0.25) is 0 Å². The molecular weight excluding hydrogens is 284 g/mol. The maximum Gasteiger partial charge on any atom is 0.0710 e. The lowest BCUT2D eigenvalue weighted by molar-refractivity contribution is 0.129. The summed E-state index contributed by atoms with van der Waals surface area (Å²) in [6, 6.07) is 11.2. The smallest absolute Gasteiger partial charge is 0.0710 e. The van der Waals surface area contributed by atoms with Crippen molar-refractivity contribution in [3.05, 3.63) is 42.1 Å². The Balaban J connectivity index is 1.50. The number of nitrogens with zero attached hydrogens (tertiary/aromatic N) is 2. The van der Waals surface area contributed by atoms with Gasteiger partial charge in [-0.2, -0.15) is 0 Å². The molecule has 4 rings (SSSR count). The fourth-order valence-electron chi connectivity index (χ4n) is 4.45. The van der Waals surface area contributed by atoms with Crippen molar-refractivity contribution in [1.29, 1.82) is 0 Å². The van der Waals surface area contributed by atoms with Crippen molar-refractivity contribution in [2.24, 2.45) is 5.92 Å². The summed E-state index contributed by atoms with van der Waals surface area (Å²) in [6.07, 6.45) is 9.40. The van der Waals surface area contributed by atoms with E-state index < -0.39 is 0 Å². The fourth-order valence-corrected chi connectivity index (χ4v) is 4.45. The Morgan fingerprint density at radius 2 is 1.87 bits per heavy atom. The van der Waals surface area contributed by atoms with Crippen molar-refractivity contribution in [2.45, 2.75) is 50.7 Å². The lowest BCUT2D eigenvalue weighted by Crippen LogP contribution is -2.35. The van der Waals surface area contributed by atoms with E-state index in [0.29, 0.717) is 12.0 Å². The zero-order chi connectivity index (χ0) is 15.6. The molecule has 2 aliphatic rings. The van der Waals surface area contributed by atoms with Crippen molar-refractivity contribution < 1.29 is 5.11 Å². The first-order valence-corrected chi connectivity index (χ1v) is 9.06. The van der Waals surface area contributed by atoms with E-state index in [1.807, 2.05) is 12.3 Å². The van der Waals surface area contributed by atoms with Gasteiger partial charge in [0.05, 0.1) is 11.6 Å². The van der Waals surface area contributed by atoms with Gasteiger partial charge in [0.15, 0.2) is 0 Å². The molecule has 0 spiro atoms. The topological polar surface area (TPSA) is 36.4 Å². The van der Waals surface area contributed by atoms with Crippen LogP contribution in [0.1, 0.15) is 37.7 Å². The summed E-state index contributed by atoms with van der Waals surface area (Å²) in [4.78, 5) is 7.00. The summed E-state index contributed by atoms with van der Waals surface area (Å²) in [5.41, 5.74) is 2.38. The SMILES string of the molecule is O[C@H]1CN(C2CCCCC2)C[C@H]1Cc1ccnc2ccccc12. The van der Waals surface area contributed by atoms with Crippen LogP contribution in [0.4, 0.5) is 0 Å². The van der Waals surface area contributed by atoms with E-state index in [9.17, 15) is 5.11 Å². The molecule has 3 heteroatoms. The molecule has 1 N–H and O–H groups in total. The van der Waals surface area contributed by atoms with E-state index in [2.05, 4.69) is 34.1 Å². The Labute approximate surface area is 138 Å². The average molecular weight is 310 g/mol. The molecule has 2 heterocycles. The largest absolute Gasteiger partial charge is 0.391 e. The molecular formula is C20H26N2O. The van der Waals surface area contributed by atoms with Crippen molar-refractivity contribution in [1.82, 2.24) is 9.88 Å². The minimum Gasteiger partial charge on any atom is -0.391 e. The summed E-state index contributed by atoms with van der Waals surface area (Å²) >= 11 is 0. The van der Waals surface area contributed by atoms with Gasteiger partial charge in [-0.15, -0.1) is 0 Å². The number of likely N-dealkylation sites (tertiary alicyclic amines) is 1. The molecule has 0 unspecified atom stereocenters. The van der Waals surface area contributed by atoms with Crippen molar-refractivity contribution >= 4 is 10.9 Å². The maximum absolute atomic E-state index is 10.6. The highest BCUT2D eigenvalue weighted by atomic mass is 16.3. The quantitative estimate of drug-likeness (QED) is 0.944. The van der Waals surface area contributed by atoms with Crippen LogP contribution in [0.15, 0.2) is 36.5 Å². The number of aliphatic hydroxyl groups excluding tert-OH is 1. The first kappa shape index (κ1) is 15.1. The van der Waals surface area contributed by atoms with Crippen LogP contribution in [0.3, 0.4) is 0 Å². The second kappa shape index (κ2) is 6.58. The third-order valence-electron chi connectivity index (χ3n) is 5.75. The molecule has 0 amide bonds. The van der Waals surface area contributed by atoms with Gasteiger partial charge < -0.3 is 5.11 Å². The van der Waals surface area contributed by atoms with Crippen molar-refractivity contribution in [2.75, 3.05) is 13.1 Å². The third kappa shape index (κ3) is 3.13. The van der Waals surface area contributed by atoms with Crippen molar-refractivity contribution in [3.63, 3.8) is 0 Å². The van der Waals surface area contributed by atoms with Crippen LogP contribution < -0.4 is 0 Å². The molecule has 0 radical (unpaired) electrons. The highest BCUT2D eigenvalue weighted by molar-refractivity contribution is 5.81. The number of hydrogen-bond donors (Lipinski definition) is 1. The molecule has 2 aromatic rings. The average Bonchev–Trinajstić information content (AvgIpc) is 2.97. The molecule has 2 atom stereocenters. The van der Waals surface area contributed by atoms with Gasteiger partial charge in [0.1, 0.15) is 0 Å². The van der Waals surface area contributed by atoms with Gasteiger partial charge in [-0.25, -0.2) is 0 Å². The van der Waals surface area contributed by atoms with Crippen LogP contribution >= 0.6 is 0 Å². The van der Waals surface area contributed by atoms with Gasteiger partial charge in [-0.3, -0.25) is 9.88 Å². The molecule has 1 aromatic heterocycles. The van der Waals surface area contributed by atoms with E-state index in [1.165, 1.54) is 43.1 Å². The van der Waals surface area contributed by atoms with Crippen LogP contribution in [0.2, 0.25) is 0 Å². The number of fused-ring (bicyclic) bond motifs is 1. The first-order valence-electron chi connectivity index (χ1n) is 9.06. The predicted octanol–water partition coefficient (Wildman–Crippen LogP) is 3.40. The van der Waals surface area contributed by atoms with Crippen molar-refractivity contribution in [3.8, 4) is 0 Å². The lowest BCUT2D eigenvalue weighted by atomic mass is 9.93. The second-order valence-corrected chi connectivity index (χ2v) is 7.26. The van der Waals surface area contributed by atoms with Gasteiger partial charge in [0, 0.05) is 36.6 Å². The minimum atomic E-state index is -0.191. The Hall–Kier alpha value is -1.45. The summed E-state index contributed by atoms with van der Waals surface area (Å²) in [5, 5.41) is 11.8. The standard InChI is InChI=1S/C20H26N2O/c23-20-14-22(17-6-2-1-3-7-17)13-16(20)12-15-10-11-21-19-9-5-4-8-18(15)19/h4-5,8-11,16-17,20,23H,1-3,6-7,12-14H2/t16-,20+/m1/s1. The van der Waals surface area contributed by atoms with E-state index in [4.69, 9.17) is 0 Å². The Bertz CT molecular complexity index is 660. The normalized spacial score (nSPS) is 26.8. The number of aliphatic hydroxyl groups is 1. The fraction of sp³-hybridized carbons (Fsp3) is 0.550. The molecule has 1 aliphatic carbocycles. The number of para-hydroxylation sites is 1. The molecule has 1 aliphatic heterocycles. The molecule has 1 saturated heterocycles. The Morgan fingerprint density at radius 1 is 1.04 bits per heavy atom. The van der Waals surface area contributed by atoms with E-state index in [0.717, 1.165) is 25.0 Å². The molecule has 1 saturated carbocycles. The number of β-amino-alcohol motifs (C(OH)–C–C–N with tert-alkyl or cyclic N) is 1. The number of benzene rings is 1. The monoisotopic (exact) mass is 310 g/mol. The van der Waals surface area contributed by atoms with Gasteiger partial charge in [-0.05, 0) is 37.0 Å². The summed E-state index contributed by atoms with van der Waals surface area (Å²) in [5.74, 6) is 0.350. The number of pyridine rings is 1. The molecule has 3 nitrogen and oxygen atoms in total. The Morgan fingerprint density at radius 3 is 2.74 bits per heavy atom. The minimum absolute atomic E-state index is 0.191. The Kier molecular flexibility index (Phi) is 4.32. The zero-order valence-corrected chi connectivity index (χ0v) is 13.7.